The molecule has 0 radical (unpaired) electrons. The van der Waals surface area contributed by atoms with E-state index in [2.05, 4.69) is 40.8 Å². The maximum absolute atomic E-state index is 5.35. The lowest BCUT2D eigenvalue weighted by Crippen LogP contribution is -1.87. The van der Waals surface area contributed by atoms with E-state index in [0.29, 0.717) is 5.92 Å². The van der Waals surface area contributed by atoms with E-state index in [4.69, 9.17) is 4.74 Å². The van der Waals surface area contributed by atoms with Crippen molar-refractivity contribution in [1.29, 1.82) is 0 Å². The molecule has 0 spiro atoms. The Morgan fingerprint density at radius 2 is 2.07 bits per heavy atom. The van der Waals surface area contributed by atoms with Crippen LogP contribution in [0.15, 0.2) is 22.7 Å². The highest BCUT2D eigenvalue weighted by Gasteiger charge is 2.14. The molecular formula is C12H14BrNO. The van der Waals surface area contributed by atoms with Crippen molar-refractivity contribution in [2.45, 2.75) is 19.8 Å². The molecule has 80 valence electrons. The first-order valence-electron chi connectivity index (χ1n) is 4.99. The summed E-state index contributed by atoms with van der Waals surface area (Å²) in [7, 11) is 1.70. The highest BCUT2D eigenvalue weighted by Crippen LogP contribution is 2.37. The fourth-order valence-corrected chi connectivity index (χ4v) is 2.73. The van der Waals surface area contributed by atoms with Gasteiger partial charge in [-0.2, -0.15) is 0 Å². The number of aromatic amines is 1. The van der Waals surface area contributed by atoms with E-state index in [1.165, 1.54) is 5.69 Å². The first-order chi connectivity index (χ1) is 7.15. The number of benzene rings is 1. The van der Waals surface area contributed by atoms with Crippen molar-refractivity contribution < 1.29 is 4.74 Å². The van der Waals surface area contributed by atoms with E-state index in [9.17, 15) is 0 Å². The monoisotopic (exact) mass is 267 g/mol. The van der Waals surface area contributed by atoms with Gasteiger partial charge in [-0.3, -0.25) is 0 Å². The van der Waals surface area contributed by atoms with E-state index in [1.807, 2.05) is 12.1 Å². The fourth-order valence-electron chi connectivity index (χ4n) is 1.76. The average molecular weight is 268 g/mol. The summed E-state index contributed by atoms with van der Waals surface area (Å²) in [5.41, 5.74) is 2.33. The Labute approximate surface area is 97.8 Å². The Hall–Kier alpha value is -0.960. The van der Waals surface area contributed by atoms with Gasteiger partial charge < -0.3 is 9.72 Å². The van der Waals surface area contributed by atoms with E-state index in [1.54, 1.807) is 7.11 Å². The lowest BCUT2D eigenvalue weighted by atomic mass is 10.1. The van der Waals surface area contributed by atoms with Gasteiger partial charge >= 0.3 is 0 Å². The minimum absolute atomic E-state index is 0.469. The average Bonchev–Trinajstić information content (AvgIpc) is 2.56. The van der Waals surface area contributed by atoms with Crippen LogP contribution < -0.4 is 4.74 Å². The largest absolute Gasteiger partial charge is 0.496 e. The molecule has 0 aliphatic rings. The molecule has 0 unspecified atom stereocenters. The van der Waals surface area contributed by atoms with E-state index >= 15 is 0 Å². The first kappa shape index (κ1) is 10.6. The van der Waals surface area contributed by atoms with Crippen molar-refractivity contribution in [2.75, 3.05) is 7.11 Å². The van der Waals surface area contributed by atoms with E-state index < -0.39 is 0 Å². The molecule has 2 rings (SSSR count). The minimum Gasteiger partial charge on any atom is -0.496 e. The van der Waals surface area contributed by atoms with Crippen LogP contribution in [0, 0.1) is 0 Å². The molecule has 0 amide bonds. The van der Waals surface area contributed by atoms with Crippen molar-refractivity contribution >= 4 is 26.8 Å². The number of halogens is 1. The van der Waals surface area contributed by atoms with Gasteiger partial charge in [-0.15, -0.1) is 0 Å². The number of fused-ring (bicyclic) bond motifs is 1. The summed E-state index contributed by atoms with van der Waals surface area (Å²) in [6, 6.07) is 6.04. The summed E-state index contributed by atoms with van der Waals surface area (Å²) >= 11 is 3.63. The Kier molecular flexibility index (Phi) is 2.74. The molecular weight excluding hydrogens is 254 g/mol. The fraction of sp³-hybridized carbons (Fsp3) is 0.333. The molecule has 2 nitrogen and oxygen atoms in total. The summed E-state index contributed by atoms with van der Waals surface area (Å²) in [5, 5.41) is 1.13. The maximum atomic E-state index is 5.35. The number of methoxy groups -OCH3 is 1. The van der Waals surface area contributed by atoms with Crippen LogP contribution in [-0.2, 0) is 0 Å². The number of aromatic nitrogens is 1. The second-order valence-electron chi connectivity index (χ2n) is 3.89. The van der Waals surface area contributed by atoms with Gasteiger partial charge in [-0.05, 0) is 34.0 Å². The molecule has 1 heterocycles. The van der Waals surface area contributed by atoms with Crippen LogP contribution >= 0.6 is 15.9 Å². The third kappa shape index (κ3) is 1.65. The highest BCUT2D eigenvalue weighted by molar-refractivity contribution is 9.10. The van der Waals surface area contributed by atoms with Gasteiger partial charge in [0.1, 0.15) is 5.75 Å². The summed E-state index contributed by atoms with van der Waals surface area (Å²) in [6.45, 7) is 4.34. The van der Waals surface area contributed by atoms with Crippen LogP contribution in [0.2, 0.25) is 0 Å². The third-order valence-corrected chi connectivity index (χ3v) is 3.37. The van der Waals surface area contributed by atoms with Crippen molar-refractivity contribution in [1.82, 2.24) is 4.98 Å². The van der Waals surface area contributed by atoms with E-state index in [-0.39, 0.29) is 0 Å². The van der Waals surface area contributed by atoms with Crippen molar-refractivity contribution in [3.05, 3.63) is 28.4 Å². The predicted octanol–water partition coefficient (Wildman–Crippen LogP) is 4.06. The van der Waals surface area contributed by atoms with Gasteiger partial charge in [0.15, 0.2) is 0 Å². The first-order valence-corrected chi connectivity index (χ1v) is 5.78. The number of H-pyrrole nitrogens is 1. The summed E-state index contributed by atoms with van der Waals surface area (Å²) in [6.07, 6.45) is 0. The molecule has 0 saturated heterocycles. The topological polar surface area (TPSA) is 25.0 Å². The SMILES string of the molecule is COc1cccc2[nH]c(C(C)C)c(Br)c12. The standard InChI is InChI=1S/C12H14BrNO/c1-7(2)12-11(13)10-8(14-12)5-4-6-9(10)15-3/h4-7,14H,1-3H3. The lowest BCUT2D eigenvalue weighted by molar-refractivity contribution is 0.419. The molecule has 0 fully saturated rings. The number of ether oxygens (including phenoxy) is 1. The highest BCUT2D eigenvalue weighted by atomic mass is 79.9. The second-order valence-corrected chi connectivity index (χ2v) is 4.68. The van der Waals surface area contributed by atoms with Crippen LogP contribution in [0.3, 0.4) is 0 Å². The Bertz CT molecular complexity index is 488. The summed E-state index contributed by atoms with van der Waals surface area (Å²) in [5.74, 6) is 1.37. The Balaban J connectivity index is 2.77. The molecule has 0 aliphatic heterocycles. The zero-order valence-corrected chi connectivity index (χ0v) is 10.7. The van der Waals surface area contributed by atoms with Gasteiger partial charge in [-0.1, -0.05) is 19.9 Å². The zero-order chi connectivity index (χ0) is 11.0. The molecule has 0 aliphatic carbocycles. The molecule has 0 bridgehead atoms. The maximum Gasteiger partial charge on any atom is 0.129 e. The van der Waals surface area contributed by atoms with Crippen LogP contribution in [0.1, 0.15) is 25.5 Å². The third-order valence-electron chi connectivity index (χ3n) is 2.55. The molecule has 2 aromatic rings. The molecule has 3 heteroatoms. The summed E-state index contributed by atoms with van der Waals surface area (Å²) in [4.78, 5) is 3.41. The van der Waals surface area contributed by atoms with Gasteiger partial charge in [-0.25, -0.2) is 0 Å². The van der Waals surface area contributed by atoms with Crippen LogP contribution in [0.25, 0.3) is 10.9 Å². The molecule has 1 N–H and O–H groups in total. The van der Waals surface area contributed by atoms with Crippen LogP contribution in [0.4, 0.5) is 0 Å². The number of hydrogen-bond acceptors (Lipinski definition) is 1. The number of nitrogens with one attached hydrogen (secondary N) is 1. The molecule has 1 aromatic carbocycles. The summed E-state index contributed by atoms with van der Waals surface area (Å²) < 4.78 is 6.47. The van der Waals surface area contributed by atoms with Crippen molar-refractivity contribution in [2.24, 2.45) is 0 Å². The van der Waals surface area contributed by atoms with Crippen LogP contribution in [0.5, 0.6) is 5.75 Å². The van der Waals surface area contributed by atoms with Crippen molar-refractivity contribution in [3.63, 3.8) is 0 Å². The lowest BCUT2D eigenvalue weighted by Gasteiger charge is -2.03. The van der Waals surface area contributed by atoms with Crippen LogP contribution in [-0.4, -0.2) is 12.1 Å². The van der Waals surface area contributed by atoms with Gasteiger partial charge in [0, 0.05) is 5.69 Å². The molecule has 0 atom stereocenters. The van der Waals surface area contributed by atoms with Crippen molar-refractivity contribution in [3.8, 4) is 5.75 Å². The molecule has 1 aromatic heterocycles. The van der Waals surface area contributed by atoms with E-state index in [0.717, 1.165) is 21.1 Å². The second kappa shape index (κ2) is 3.89. The van der Waals surface area contributed by atoms with Gasteiger partial charge in [0.25, 0.3) is 0 Å². The predicted molar refractivity (Wildman–Crippen MR) is 66.6 cm³/mol. The van der Waals surface area contributed by atoms with Gasteiger partial charge in [0.05, 0.1) is 22.5 Å². The van der Waals surface area contributed by atoms with Gasteiger partial charge in [0.2, 0.25) is 0 Å². The Morgan fingerprint density at radius 1 is 1.33 bits per heavy atom. The molecule has 0 saturated carbocycles. The normalized spacial score (nSPS) is 11.3. The molecule has 15 heavy (non-hydrogen) atoms. The zero-order valence-electron chi connectivity index (χ0n) is 9.10. The quantitative estimate of drug-likeness (QED) is 0.872. The smallest absolute Gasteiger partial charge is 0.129 e. The number of rotatable bonds is 2. The minimum atomic E-state index is 0.469. The Morgan fingerprint density at radius 3 is 2.67 bits per heavy atom. The number of hydrogen-bond donors (Lipinski definition) is 1.